The predicted molar refractivity (Wildman–Crippen MR) is 79.2 cm³/mol. The normalized spacial score (nSPS) is 16.6. The first-order chi connectivity index (χ1) is 9.78. The van der Waals surface area contributed by atoms with E-state index in [4.69, 9.17) is 4.74 Å². The van der Waals surface area contributed by atoms with Gasteiger partial charge in [-0.25, -0.2) is 5.43 Å². The molecule has 4 nitrogen and oxygen atoms in total. The summed E-state index contributed by atoms with van der Waals surface area (Å²) in [5.41, 5.74) is 7.15. The van der Waals surface area contributed by atoms with Crippen molar-refractivity contribution >= 4 is 22.8 Å². The zero-order valence-corrected chi connectivity index (χ0v) is 11.3. The van der Waals surface area contributed by atoms with Crippen LogP contribution in [0.3, 0.4) is 0 Å². The Balaban J connectivity index is 2.14. The summed E-state index contributed by atoms with van der Waals surface area (Å²) < 4.78 is 5.60. The maximum absolute atomic E-state index is 11.7. The van der Waals surface area contributed by atoms with E-state index in [1.807, 2.05) is 43.3 Å². The maximum atomic E-state index is 11.7. The molecule has 1 saturated heterocycles. The number of rotatable bonds is 3. The minimum atomic E-state index is -0.0732. The van der Waals surface area contributed by atoms with E-state index >= 15 is 0 Å². The lowest BCUT2D eigenvalue weighted by atomic mass is 10.0. The number of carbonyl (C=O) groups excluding carboxylic acids is 1. The minimum absolute atomic E-state index is 0.0732. The van der Waals surface area contributed by atoms with E-state index in [0.29, 0.717) is 13.2 Å². The molecule has 1 fully saturated rings. The van der Waals surface area contributed by atoms with Gasteiger partial charge in [-0.1, -0.05) is 24.3 Å². The Morgan fingerprint density at radius 1 is 1.30 bits per heavy atom. The second kappa shape index (κ2) is 5.35. The van der Waals surface area contributed by atoms with Crippen molar-refractivity contribution in [3.63, 3.8) is 0 Å². The number of ether oxygens (including phenoxy) is 1. The van der Waals surface area contributed by atoms with Crippen LogP contribution in [-0.2, 0) is 4.79 Å². The van der Waals surface area contributed by atoms with E-state index in [-0.39, 0.29) is 5.91 Å². The van der Waals surface area contributed by atoms with Gasteiger partial charge in [0.1, 0.15) is 5.75 Å². The topological polar surface area (TPSA) is 50.4 Å². The summed E-state index contributed by atoms with van der Waals surface area (Å²) >= 11 is 0. The summed E-state index contributed by atoms with van der Waals surface area (Å²) in [5, 5.41) is 2.22. The Hall–Kier alpha value is -2.33. The molecule has 20 heavy (non-hydrogen) atoms. The molecule has 0 bridgehead atoms. The molecule has 3 rings (SSSR count). The number of fused-ring (bicyclic) bond motifs is 1. The SMILES string of the molecule is CCOc1cc(/C=C2\CNNC2=O)c2ccccc2c1. The number of benzene rings is 2. The second-order valence-electron chi connectivity index (χ2n) is 4.64. The summed E-state index contributed by atoms with van der Waals surface area (Å²) in [7, 11) is 0. The van der Waals surface area contributed by atoms with Gasteiger partial charge in [-0.15, -0.1) is 0 Å². The van der Waals surface area contributed by atoms with Crippen molar-refractivity contribution in [3.8, 4) is 5.75 Å². The highest BCUT2D eigenvalue weighted by molar-refractivity contribution is 6.02. The standard InChI is InChI=1S/C16H16N2O2/c1-2-20-14-8-11-5-3-4-6-15(11)12(9-14)7-13-10-17-18-16(13)19/h3-9,17H,2,10H2,1H3,(H,18,19)/b13-7+. The fourth-order valence-corrected chi connectivity index (χ4v) is 2.37. The fourth-order valence-electron chi connectivity index (χ4n) is 2.37. The first kappa shape index (κ1) is 12.7. The van der Waals surface area contributed by atoms with Gasteiger partial charge in [0.25, 0.3) is 5.91 Å². The molecule has 1 aliphatic rings. The molecule has 2 aromatic carbocycles. The van der Waals surface area contributed by atoms with Crippen LogP contribution < -0.4 is 15.6 Å². The van der Waals surface area contributed by atoms with E-state index in [9.17, 15) is 4.79 Å². The molecule has 4 heteroatoms. The first-order valence-electron chi connectivity index (χ1n) is 6.67. The molecule has 0 radical (unpaired) electrons. The molecule has 0 aromatic heterocycles. The zero-order valence-electron chi connectivity index (χ0n) is 11.3. The molecule has 1 aliphatic heterocycles. The quantitative estimate of drug-likeness (QED) is 0.839. The molecule has 0 spiro atoms. The summed E-state index contributed by atoms with van der Waals surface area (Å²) in [4.78, 5) is 11.7. The molecule has 0 saturated carbocycles. The molecular weight excluding hydrogens is 252 g/mol. The van der Waals surface area contributed by atoms with Crippen LogP contribution in [0.5, 0.6) is 5.75 Å². The van der Waals surface area contributed by atoms with Gasteiger partial charge >= 0.3 is 0 Å². The molecule has 102 valence electrons. The monoisotopic (exact) mass is 268 g/mol. The first-order valence-corrected chi connectivity index (χ1v) is 6.67. The molecule has 0 atom stereocenters. The third-order valence-corrected chi connectivity index (χ3v) is 3.28. The highest BCUT2D eigenvalue weighted by atomic mass is 16.5. The second-order valence-corrected chi connectivity index (χ2v) is 4.64. The Morgan fingerprint density at radius 3 is 2.90 bits per heavy atom. The third kappa shape index (κ3) is 2.38. The van der Waals surface area contributed by atoms with Crippen LogP contribution >= 0.6 is 0 Å². The lowest BCUT2D eigenvalue weighted by Crippen LogP contribution is -2.25. The van der Waals surface area contributed by atoms with Gasteiger partial charge in [0, 0.05) is 12.1 Å². The van der Waals surface area contributed by atoms with Gasteiger partial charge in [0.2, 0.25) is 0 Å². The Kier molecular flexibility index (Phi) is 3.39. The highest BCUT2D eigenvalue weighted by Crippen LogP contribution is 2.27. The van der Waals surface area contributed by atoms with Crippen molar-refractivity contribution in [1.82, 2.24) is 10.9 Å². The van der Waals surface area contributed by atoms with E-state index in [0.717, 1.165) is 27.7 Å². The maximum Gasteiger partial charge on any atom is 0.262 e. The number of amides is 1. The highest BCUT2D eigenvalue weighted by Gasteiger charge is 2.16. The van der Waals surface area contributed by atoms with Gasteiger partial charge in [0.05, 0.1) is 6.61 Å². The van der Waals surface area contributed by atoms with Crippen molar-refractivity contribution in [2.24, 2.45) is 0 Å². The summed E-state index contributed by atoms with van der Waals surface area (Å²) in [5.74, 6) is 0.750. The Labute approximate surface area is 117 Å². The summed E-state index contributed by atoms with van der Waals surface area (Å²) in [6.45, 7) is 3.12. The number of hydrogen-bond donors (Lipinski definition) is 2. The van der Waals surface area contributed by atoms with Gasteiger partial charge in [-0.3, -0.25) is 10.2 Å². The summed E-state index contributed by atoms with van der Waals surface area (Å²) in [6.07, 6.45) is 1.92. The van der Waals surface area contributed by atoms with Crippen LogP contribution in [-0.4, -0.2) is 19.1 Å². The lowest BCUT2D eigenvalue weighted by Gasteiger charge is -2.08. The molecule has 2 N–H and O–H groups in total. The number of carbonyl (C=O) groups is 1. The van der Waals surface area contributed by atoms with Crippen LogP contribution in [0.1, 0.15) is 12.5 Å². The Bertz CT molecular complexity index is 692. The number of nitrogens with one attached hydrogen (secondary N) is 2. The van der Waals surface area contributed by atoms with E-state index < -0.39 is 0 Å². The largest absolute Gasteiger partial charge is 0.494 e. The van der Waals surface area contributed by atoms with Crippen LogP contribution in [0.25, 0.3) is 16.8 Å². The average Bonchev–Trinajstić information content (AvgIpc) is 2.85. The van der Waals surface area contributed by atoms with E-state index in [1.54, 1.807) is 0 Å². The third-order valence-electron chi connectivity index (χ3n) is 3.28. The number of hydrazine groups is 1. The van der Waals surface area contributed by atoms with Crippen LogP contribution in [0.15, 0.2) is 42.0 Å². The van der Waals surface area contributed by atoms with Crippen molar-refractivity contribution in [1.29, 1.82) is 0 Å². The van der Waals surface area contributed by atoms with Crippen LogP contribution in [0, 0.1) is 0 Å². The van der Waals surface area contributed by atoms with Gasteiger partial charge in [-0.05, 0) is 41.5 Å². The van der Waals surface area contributed by atoms with Crippen LogP contribution in [0.2, 0.25) is 0 Å². The zero-order chi connectivity index (χ0) is 13.9. The predicted octanol–water partition coefficient (Wildman–Crippen LogP) is 2.26. The van der Waals surface area contributed by atoms with Crippen molar-refractivity contribution in [2.45, 2.75) is 6.92 Å². The molecule has 0 unspecified atom stereocenters. The van der Waals surface area contributed by atoms with Gasteiger partial charge < -0.3 is 4.74 Å². The van der Waals surface area contributed by atoms with Crippen LogP contribution in [0.4, 0.5) is 0 Å². The van der Waals surface area contributed by atoms with Crippen molar-refractivity contribution in [2.75, 3.05) is 13.2 Å². The lowest BCUT2D eigenvalue weighted by molar-refractivity contribution is -0.116. The summed E-state index contributed by atoms with van der Waals surface area (Å²) in [6, 6.07) is 12.1. The fraction of sp³-hybridized carbons (Fsp3) is 0.188. The number of hydrogen-bond acceptors (Lipinski definition) is 3. The molecular formula is C16H16N2O2. The molecule has 1 heterocycles. The molecule has 2 aromatic rings. The van der Waals surface area contributed by atoms with E-state index in [1.165, 1.54) is 0 Å². The molecule has 0 aliphatic carbocycles. The minimum Gasteiger partial charge on any atom is -0.494 e. The smallest absolute Gasteiger partial charge is 0.262 e. The van der Waals surface area contributed by atoms with Crippen molar-refractivity contribution in [3.05, 3.63) is 47.5 Å². The van der Waals surface area contributed by atoms with Gasteiger partial charge in [0.15, 0.2) is 0 Å². The van der Waals surface area contributed by atoms with Gasteiger partial charge in [-0.2, -0.15) is 0 Å². The average molecular weight is 268 g/mol. The Morgan fingerprint density at radius 2 is 2.15 bits per heavy atom. The molecule has 1 amide bonds. The van der Waals surface area contributed by atoms with E-state index in [2.05, 4.69) is 16.9 Å². The van der Waals surface area contributed by atoms with Crippen molar-refractivity contribution < 1.29 is 9.53 Å².